The molecule has 0 aliphatic carbocycles. The number of anilines is 1. The number of aromatic nitrogens is 4. The third-order valence-electron chi connectivity index (χ3n) is 4.66. The van der Waals surface area contributed by atoms with Crippen molar-refractivity contribution in [3.63, 3.8) is 0 Å². The van der Waals surface area contributed by atoms with Crippen LogP contribution in [-0.4, -0.2) is 25.8 Å². The van der Waals surface area contributed by atoms with Gasteiger partial charge in [-0.1, -0.05) is 32.9 Å². The van der Waals surface area contributed by atoms with Crippen LogP contribution in [0.5, 0.6) is 0 Å². The molecule has 8 nitrogen and oxygen atoms in total. The van der Waals surface area contributed by atoms with Crippen LogP contribution in [-0.2, 0) is 17.3 Å². The Balaban J connectivity index is 1.85. The molecule has 3 heterocycles. The third kappa shape index (κ3) is 4.35. The van der Waals surface area contributed by atoms with E-state index < -0.39 is 5.92 Å². The Morgan fingerprint density at radius 2 is 2.10 bits per heavy atom. The van der Waals surface area contributed by atoms with Crippen LogP contribution >= 0.6 is 0 Å². The zero-order valence-electron chi connectivity index (χ0n) is 17.2. The Bertz CT molecular complexity index is 1070. The Kier molecular flexibility index (Phi) is 5.50. The maximum atomic E-state index is 12.8. The molecule has 3 rings (SSSR count). The summed E-state index contributed by atoms with van der Waals surface area (Å²) < 4.78 is 6.91. The molecule has 0 aliphatic heterocycles. The summed E-state index contributed by atoms with van der Waals surface area (Å²) >= 11 is 0. The fraction of sp³-hybridized carbons (Fsp3) is 0.381. The summed E-state index contributed by atoms with van der Waals surface area (Å²) in [6, 6.07) is 5.62. The second-order valence-corrected chi connectivity index (χ2v) is 7.96. The van der Waals surface area contributed by atoms with E-state index in [1.807, 2.05) is 27.7 Å². The number of hydrogen-bond acceptors (Lipinski definition) is 6. The average Bonchev–Trinajstić information content (AvgIpc) is 3.31. The number of nitriles is 1. The van der Waals surface area contributed by atoms with E-state index in [0.29, 0.717) is 29.1 Å². The largest absolute Gasteiger partial charge is 0.338 e. The van der Waals surface area contributed by atoms with E-state index in [1.165, 1.54) is 0 Å². The van der Waals surface area contributed by atoms with Crippen molar-refractivity contribution in [2.24, 2.45) is 7.05 Å². The van der Waals surface area contributed by atoms with Gasteiger partial charge >= 0.3 is 0 Å². The van der Waals surface area contributed by atoms with Gasteiger partial charge in [0.1, 0.15) is 6.07 Å². The lowest BCUT2D eigenvalue weighted by atomic mass is 9.92. The van der Waals surface area contributed by atoms with Gasteiger partial charge in [0.2, 0.25) is 11.8 Å². The SMILES string of the molecule is CCC(C(=O)Nc1cc(C(C)(C)C)no1)c1cnc(-c2cnn(C)c2)c(C#N)c1. The number of hydrogen-bond donors (Lipinski definition) is 1. The highest BCUT2D eigenvalue weighted by Gasteiger charge is 2.24. The van der Waals surface area contributed by atoms with Crippen LogP contribution in [0.2, 0.25) is 0 Å². The molecule has 3 aromatic heterocycles. The average molecular weight is 392 g/mol. The van der Waals surface area contributed by atoms with E-state index in [0.717, 1.165) is 11.3 Å². The molecule has 0 aliphatic rings. The summed E-state index contributed by atoms with van der Waals surface area (Å²) in [7, 11) is 1.80. The molecule has 0 saturated carbocycles. The zero-order valence-corrected chi connectivity index (χ0v) is 17.2. The van der Waals surface area contributed by atoms with Crippen molar-refractivity contribution in [2.75, 3.05) is 5.32 Å². The molecule has 8 heteroatoms. The normalized spacial score (nSPS) is 12.4. The molecular weight excluding hydrogens is 368 g/mol. The van der Waals surface area contributed by atoms with Gasteiger partial charge in [-0.3, -0.25) is 19.8 Å². The Hall–Kier alpha value is -3.47. The number of carbonyl (C=O) groups excluding carboxylic acids is 1. The van der Waals surface area contributed by atoms with E-state index in [-0.39, 0.29) is 11.3 Å². The molecule has 150 valence electrons. The van der Waals surface area contributed by atoms with Crippen molar-refractivity contribution in [3.8, 4) is 17.3 Å². The third-order valence-corrected chi connectivity index (χ3v) is 4.66. The van der Waals surface area contributed by atoms with E-state index >= 15 is 0 Å². The van der Waals surface area contributed by atoms with E-state index in [4.69, 9.17) is 4.52 Å². The van der Waals surface area contributed by atoms with Crippen molar-refractivity contribution in [3.05, 3.63) is 47.5 Å². The lowest BCUT2D eigenvalue weighted by Crippen LogP contribution is -2.21. The number of rotatable bonds is 5. The zero-order chi connectivity index (χ0) is 21.2. The summed E-state index contributed by atoms with van der Waals surface area (Å²) in [6.45, 7) is 7.96. The maximum absolute atomic E-state index is 12.8. The van der Waals surface area contributed by atoms with E-state index in [9.17, 15) is 10.1 Å². The van der Waals surface area contributed by atoms with Crippen LogP contribution < -0.4 is 5.32 Å². The van der Waals surface area contributed by atoms with Crippen molar-refractivity contribution in [1.29, 1.82) is 5.26 Å². The Morgan fingerprint density at radius 3 is 2.66 bits per heavy atom. The molecule has 29 heavy (non-hydrogen) atoms. The van der Waals surface area contributed by atoms with Gasteiger partial charge in [-0.25, -0.2) is 0 Å². The monoisotopic (exact) mass is 392 g/mol. The van der Waals surface area contributed by atoms with Gasteiger partial charge in [-0.05, 0) is 18.1 Å². The fourth-order valence-corrected chi connectivity index (χ4v) is 3.00. The number of amides is 1. The molecule has 0 saturated heterocycles. The standard InChI is InChI=1S/C21H24N6O2/c1-6-16(20(28)25-18-8-17(26-29-18)21(2,3)4)14-7-13(9-22)19(23-10-14)15-11-24-27(5)12-15/h7-8,10-12,16H,6H2,1-5H3,(H,25,28). The molecular formula is C21H24N6O2. The first-order valence-corrected chi connectivity index (χ1v) is 9.40. The number of nitrogens with one attached hydrogen (secondary N) is 1. The highest BCUT2D eigenvalue weighted by molar-refractivity contribution is 5.94. The second-order valence-electron chi connectivity index (χ2n) is 7.96. The van der Waals surface area contributed by atoms with E-state index in [1.54, 1.807) is 42.5 Å². The molecule has 0 aromatic carbocycles. The molecule has 1 atom stereocenters. The van der Waals surface area contributed by atoms with Crippen LogP contribution in [0.3, 0.4) is 0 Å². The number of aryl methyl sites for hydroxylation is 1. The minimum absolute atomic E-state index is 0.176. The molecule has 0 radical (unpaired) electrons. The number of carbonyl (C=O) groups is 1. The van der Waals surface area contributed by atoms with Crippen molar-refractivity contribution < 1.29 is 9.32 Å². The Morgan fingerprint density at radius 1 is 1.34 bits per heavy atom. The summed E-state index contributed by atoms with van der Waals surface area (Å²) in [4.78, 5) is 17.3. The van der Waals surface area contributed by atoms with Crippen molar-refractivity contribution in [1.82, 2.24) is 19.9 Å². The smallest absolute Gasteiger partial charge is 0.234 e. The van der Waals surface area contributed by atoms with Crippen molar-refractivity contribution >= 4 is 11.8 Å². The maximum Gasteiger partial charge on any atom is 0.234 e. The summed E-state index contributed by atoms with van der Waals surface area (Å²) in [5, 5.41) is 20.5. The quantitative estimate of drug-likeness (QED) is 0.708. The molecule has 1 unspecified atom stereocenters. The van der Waals surface area contributed by atoms with Crippen LogP contribution in [0.4, 0.5) is 5.88 Å². The topological polar surface area (TPSA) is 110 Å². The van der Waals surface area contributed by atoms with Gasteiger partial charge < -0.3 is 4.52 Å². The lowest BCUT2D eigenvalue weighted by molar-refractivity contribution is -0.117. The number of nitrogens with zero attached hydrogens (tertiary/aromatic N) is 5. The lowest BCUT2D eigenvalue weighted by Gasteiger charge is -2.15. The molecule has 1 N–H and O–H groups in total. The van der Waals surface area contributed by atoms with Crippen LogP contribution in [0.15, 0.2) is 35.2 Å². The van der Waals surface area contributed by atoms with Crippen LogP contribution in [0.25, 0.3) is 11.3 Å². The van der Waals surface area contributed by atoms with Crippen LogP contribution in [0.1, 0.15) is 56.9 Å². The highest BCUT2D eigenvalue weighted by atomic mass is 16.5. The predicted molar refractivity (Wildman–Crippen MR) is 108 cm³/mol. The first-order chi connectivity index (χ1) is 13.7. The van der Waals surface area contributed by atoms with Gasteiger partial charge in [0, 0.05) is 36.5 Å². The minimum Gasteiger partial charge on any atom is -0.338 e. The molecule has 0 spiro atoms. The summed E-state index contributed by atoms with van der Waals surface area (Å²) in [5.41, 5.74) is 2.95. The van der Waals surface area contributed by atoms with Crippen molar-refractivity contribution in [2.45, 2.75) is 45.4 Å². The fourth-order valence-electron chi connectivity index (χ4n) is 3.00. The predicted octanol–water partition coefficient (Wildman–Crippen LogP) is 3.77. The first kappa shape index (κ1) is 20.3. The molecule has 1 amide bonds. The van der Waals surface area contributed by atoms with Gasteiger partial charge in [-0.15, -0.1) is 0 Å². The minimum atomic E-state index is -0.472. The molecule has 0 fully saturated rings. The highest BCUT2D eigenvalue weighted by Crippen LogP contribution is 2.28. The summed E-state index contributed by atoms with van der Waals surface area (Å²) in [6.07, 6.45) is 5.63. The first-order valence-electron chi connectivity index (χ1n) is 9.40. The molecule has 0 bridgehead atoms. The van der Waals surface area contributed by atoms with E-state index in [2.05, 4.69) is 26.6 Å². The second kappa shape index (κ2) is 7.87. The van der Waals surface area contributed by atoms with Gasteiger partial charge in [0.05, 0.1) is 29.1 Å². The van der Waals surface area contributed by atoms with Crippen LogP contribution in [0, 0.1) is 11.3 Å². The van der Waals surface area contributed by atoms with Gasteiger partial charge in [0.15, 0.2) is 0 Å². The summed E-state index contributed by atoms with van der Waals surface area (Å²) in [5.74, 6) is -0.400. The van der Waals surface area contributed by atoms with Gasteiger partial charge in [0.25, 0.3) is 0 Å². The van der Waals surface area contributed by atoms with Gasteiger partial charge in [-0.2, -0.15) is 10.4 Å². The Labute approximate surface area is 169 Å². The number of pyridine rings is 1. The molecule has 3 aromatic rings.